The van der Waals surface area contributed by atoms with Gasteiger partial charge in [0.05, 0.1) is 19.6 Å². The lowest BCUT2D eigenvalue weighted by Gasteiger charge is -2.12. The highest BCUT2D eigenvalue weighted by atomic mass is 16.5. The average molecular weight is 251 g/mol. The molecule has 0 spiro atoms. The maximum atomic E-state index is 11.4. The number of esters is 1. The summed E-state index contributed by atoms with van der Waals surface area (Å²) in [5, 5.41) is 3.99. The van der Waals surface area contributed by atoms with Gasteiger partial charge in [-0.25, -0.2) is 0 Å². The zero-order valence-corrected chi connectivity index (χ0v) is 10.5. The minimum atomic E-state index is -0.123. The van der Waals surface area contributed by atoms with E-state index in [0.717, 1.165) is 18.8 Å². The van der Waals surface area contributed by atoms with Crippen LogP contribution in [0.5, 0.6) is 0 Å². The summed E-state index contributed by atoms with van der Waals surface area (Å²) in [6.07, 6.45) is 3.19. The first-order valence-corrected chi connectivity index (χ1v) is 6.39. The van der Waals surface area contributed by atoms with Gasteiger partial charge in [-0.15, -0.1) is 0 Å². The summed E-state index contributed by atoms with van der Waals surface area (Å²) in [5.74, 6) is 1.88. The van der Waals surface area contributed by atoms with E-state index in [1.165, 1.54) is 20.0 Å². The van der Waals surface area contributed by atoms with Crippen LogP contribution in [-0.4, -0.2) is 41.2 Å². The summed E-state index contributed by atoms with van der Waals surface area (Å²) in [6, 6.07) is 0. The normalized spacial score (nSPS) is 24.4. The monoisotopic (exact) mass is 251 g/mol. The SMILES string of the molecule is COC(=O)C1CCN(Cc2nc(C3CC3)no2)C1. The van der Waals surface area contributed by atoms with Crippen molar-refractivity contribution in [3.8, 4) is 0 Å². The molecule has 0 radical (unpaired) electrons. The smallest absolute Gasteiger partial charge is 0.310 e. The Morgan fingerprint density at radius 2 is 2.33 bits per heavy atom. The lowest BCUT2D eigenvalue weighted by atomic mass is 10.1. The van der Waals surface area contributed by atoms with Gasteiger partial charge in [-0.1, -0.05) is 5.16 Å². The van der Waals surface area contributed by atoms with Gasteiger partial charge in [-0.05, 0) is 25.8 Å². The molecule has 0 aromatic carbocycles. The van der Waals surface area contributed by atoms with Crippen LogP contribution in [0.2, 0.25) is 0 Å². The van der Waals surface area contributed by atoms with Crippen molar-refractivity contribution in [3.63, 3.8) is 0 Å². The predicted octanol–water partition coefficient (Wildman–Crippen LogP) is 0.942. The molecular formula is C12H17N3O3. The maximum absolute atomic E-state index is 11.4. The van der Waals surface area contributed by atoms with Crippen molar-refractivity contribution in [2.45, 2.75) is 31.7 Å². The van der Waals surface area contributed by atoms with Crippen molar-refractivity contribution < 1.29 is 14.1 Å². The second-order valence-corrected chi connectivity index (χ2v) is 5.06. The Hall–Kier alpha value is -1.43. The number of rotatable bonds is 4. The molecule has 98 valence electrons. The van der Waals surface area contributed by atoms with Crippen molar-refractivity contribution in [1.29, 1.82) is 0 Å². The molecule has 1 aromatic heterocycles. The molecule has 3 rings (SSSR count). The van der Waals surface area contributed by atoms with Crippen molar-refractivity contribution in [2.24, 2.45) is 5.92 Å². The molecule has 1 unspecified atom stereocenters. The van der Waals surface area contributed by atoms with Crippen LogP contribution in [-0.2, 0) is 16.1 Å². The van der Waals surface area contributed by atoms with Crippen LogP contribution >= 0.6 is 0 Å². The second kappa shape index (κ2) is 4.68. The molecule has 1 aromatic rings. The molecule has 6 nitrogen and oxygen atoms in total. The molecule has 2 fully saturated rings. The van der Waals surface area contributed by atoms with Gasteiger partial charge >= 0.3 is 5.97 Å². The standard InChI is InChI=1S/C12H17N3O3/c1-17-12(16)9-4-5-15(6-9)7-10-13-11(14-18-10)8-2-3-8/h8-9H,2-7H2,1H3. The van der Waals surface area contributed by atoms with E-state index >= 15 is 0 Å². The quantitative estimate of drug-likeness (QED) is 0.742. The van der Waals surface area contributed by atoms with Crippen molar-refractivity contribution in [3.05, 3.63) is 11.7 Å². The van der Waals surface area contributed by atoms with Crippen LogP contribution in [0.15, 0.2) is 4.52 Å². The highest BCUT2D eigenvalue weighted by molar-refractivity contribution is 5.72. The van der Waals surface area contributed by atoms with Crippen molar-refractivity contribution in [1.82, 2.24) is 15.0 Å². The minimum Gasteiger partial charge on any atom is -0.469 e. The highest BCUT2D eigenvalue weighted by Crippen LogP contribution is 2.38. The largest absolute Gasteiger partial charge is 0.469 e. The number of aromatic nitrogens is 2. The van der Waals surface area contributed by atoms with Gasteiger partial charge in [0.15, 0.2) is 5.82 Å². The van der Waals surface area contributed by atoms with Crippen LogP contribution in [0.25, 0.3) is 0 Å². The first kappa shape index (κ1) is 11.6. The average Bonchev–Trinajstić information content (AvgIpc) is 2.96. The van der Waals surface area contributed by atoms with Gasteiger partial charge in [0.2, 0.25) is 5.89 Å². The molecule has 6 heteroatoms. The third-order valence-corrected chi connectivity index (χ3v) is 3.59. The molecule has 1 saturated heterocycles. The van der Waals surface area contributed by atoms with E-state index in [0.29, 0.717) is 24.9 Å². The summed E-state index contributed by atoms with van der Waals surface area (Å²) in [7, 11) is 1.44. The number of hydrogen-bond donors (Lipinski definition) is 0. The molecule has 2 aliphatic rings. The predicted molar refractivity (Wildman–Crippen MR) is 61.7 cm³/mol. The lowest BCUT2D eigenvalue weighted by Crippen LogP contribution is -2.23. The molecule has 1 atom stereocenters. The van der Waals surface area contributed by atoms with Crippen molar-refractivity contribution >= 4 is 5.97 Å². The Morgan fingerprint density at radius 3 is 3.06 bits per heavy atom. The first-order chi connectivity index (χ1) is 8.76. The summed E-state index contributed by atoms with van der Waals surface area (Å²) in [6.45, 7) is 2.22. The Morgan fingerprint density at radius 1 is 1.50 bits per heavy atom. The molecule has 0 bridgehead atoms. The molecular weight excluding hydrogens is 234 g/mol. The van der Waals surface area contributed by atoms with Crippen LogP contribution in [0.4, 0.5) is 0 Å². The molecule has 0 amide bonds. The lowest BCUT2D eigenvalue weighted by molar-refractivity contribution is -0.144. The van der Waals surface area contributed by atoms with Gasteiger partial charge in [0.1, 0.15) is 0 Å². The molecule has 18 heavy (non-hydrogen) atoms. The van der Waals surface area contributed by atoms with Gasteiger partial charge < -0.3 is 9.26 Å². The fourth-order valence-corrected chi connectivity index (χ4v) is 2.37. The van der Waals surface area contributed by atoms with E-state index in [9.17, 15) is 4.79 Å². The van der Waals surface area contributed by atoms with E-state index in [4.69, 9.17) is 9.26 Å². The topological polar surface area (TPSA) is 68.5 Å². The fraction of sp³-hybridized carbons (Fsp3) is 0.750. The number of likely N-dealkylation sites (tertiary alicyclic amines) is 1. The van der Waals surface area contributed by atoms with Crippen molar-refractivity contribution in [2.75, 3.05) is 20.2 Å². The van der Waals surface area contributed by atoms with E-state index in [1.807, 2.05) is 0 Å². The Labute approximate surface area is 105 Å². The summed E-state index contributed by atoms with van der Waals surface area (Å²) in [4.78, 5) is 18.0. The number of hydrogen-bond acceptors (Lipinski definition) is 6. The van der Waals surface area contributed by atoms with Gasteiger partial charge in [0, 0.05) is 12.5 Å². The van der Waals surface area contributed by atoms with Gasteiger partial charge in [-0.3, -0.25) is 9.69 Å². The molecule has 1 aliphatic heterocycles. The maximum Gasteiger partial charge on any atom is 0.310 e. The molecule has 1 saturated carbocycles. The second-order valence-electron chi connectivity index (χ2n) is 5.06. The molecule has 1 aliphatic carbocycles. The summed E-state index contributed by atoms with van der Waals surface area (Å²) >= 11 is 0. The Kier molecular flexibility index (Phi) is 3.03. The van der Waals surface area contributed by atoms with E-state index in [-0.39, 0.29) is 11.9 Å². The fourth-order valence-electron chi connectivity index (χ4n) is 2.37. The van der Waals surface area contributed by atoms with Gasteiger partial charge in [-0.2, -0.15) is 4.98 Å². The number of nitrogens with zero attached hydrogens (tertiary/aromatic N) is 3. The van der Waals surface area contributed by atoms with Crippen LogP contribution in [0.3, 0.4) is 0 Å². The zero-order valence-electron chi connectivity index (χ0n) is 10.5. The zero-order chi connectivity index (χ0) is 12.5. The van der Waals surface area contributed by atoms with E-state index in [2.05, 4.69) is 15.0 Å². The van der Waals surface area contributed by atoms with Crippen LogP contribution < -0.4 is 0 Å². The number of ether oxygens (including phenoxy) is 1. The minimum absolute atomic E-state index is 0.0131. The summed E-state index contributed by atoms with van der Waals surface area (Å²) < 4.78 is 9.99. The Bertz CT molecular complexity index is 442. The van der Waals surface area contributed by atoms with E-state index < -0.39 is 0 Å². The number of methoxy groups -OCH3 is 1. The summed E-state index contributed by atoms with van der Waals surface area (Å²) in [5.41, 5.74) is 0. The van der Waals surface area contributed by atoms with Gasteiger partial charge in [0.25, 0.3) is 0 Å². The first-order valence-electron chi connectivity index (χ1n) is 6.39. The highest BCUT2D eigenvalue weighted by Gasteiger charge is 2.31. The third-order valence-electron chi connectivity index (χ3n) is 3.59. The van der Waals surface area contributed by atoms with Crippen LogP contribution in [0, 0.1) is 5.92 Å². The third kappa shape index (κ3) is 2.38. The number of carbonyl (C=O) groups excluding carboxylic acids is 1. The molecule has 2 heterocycles. The Balaban J connectivity index is 1.55. The van der Waals surface area contributed by atoms with E-state index in [1.54, 1.807) is 0 Å². The molecule has 0 N–H and O–H groups in total. The number of carbonyl (C=O) groups is 1. The van der Waals surface area contributed by atoms with Crippen LogP contribution in [0.1, 0.15) is 36.9 Å².